The first-order chi connectivity index (χ1) is 15.4. The number of fused-ring (bicyclic) bond motifs is 7. The van der Waals surface area contributed by atoms with Crippen LogP contribution >= 0.6 is 0 Å². The molecule has 2 aromatic carbocycles. The summed E-state index contributed by atoms with van der Waals surface area (Å²) in [5.41, 5.74) is 1.77. The van der Waals surface area contributed by atoms with E-state index in [1.54, 1.807) is 27.3 Å². The van der Waals surface area contributed by atoms with Gasteiger partial charge in [0.25, 0.3) is 0 Å². The quantitative estimate of drug-likeness (QED) is 0.519. The number of rotatable bonds is 5. The van der Waals surface area contributed by atoms with Crippen LogP contribution in [0.1, 0.15) is 11.1 Å². The predicted molar refractivity (Wildman–Crippen MR) is 121 cm³/mol. The molecule has 2 aliphatic heterocycles. The van der Waals surface area contributed by atoms with Crippen molar-refractivity contribution >= 4 is 19.5 Å². The van der Waals surface area contributed by atoms with Crippen molar-refractivity contribution in [1.29, 1.82) is 0 Å². The lowest BCUT2D eigenvalue weighted by Gasteiger charge is -2.33. The van der Waals surface area contributed by atoms with Gasteiger partial charge in [0, 0.05) is 20.6 Å². The van der Waals surface area contributed by atoms with Crippen molar-refractivity contribution in [3.63, 3.8) is 0 Å². The molecule has 0 N–H and O–H groups in total. The number of carbonyl (C=O) groups excluding carboxylic acids is 2. The topological polar surface area (TPSA) is 77.5 Å². The monoisotopic (exact) mass is 440 g/mol. The van der Waals surface area contributed by atoms with Crippen LogP contribution < -0.4 is 9.47 Å². The SMILES string of the molecule is COBN(C)[C@H]1Cc2ccc(cc2)Oc2cc(ccc2OC)C[C@@H](C(=O)OC)N(C)C1=O. The normalized spacial score (nSPS) is 18.7. The van der Waals surface area contributed by atoms with E-state index in [0.717, 1.165) is 11.1 Å². The Hall–Kier alpha value is -3.04. The van der Waals surface area contributed by atoms with Crippen molar-refractivity contribution in [2.45, 2.75) is 24.9 Å². The molecule has 0 spiro atoms. The standard InChI is InChI=1S/C23H29BN2O6/c1-25-19(23(28)30-4)13-16-8-11-20(29-3)21(14-16)32-17-9-6-15(7-10-17)12-18(22(25)27)26(2)24-31-5/h6-11,14,18-19,24H,12-13H2,1-5H3/t18-,19-/m0/s1. The molecule has 0 unspecified atom stereocenters. The Balaban J connectivity index is 2.09. The van der Waals surface area contributed by atoms with Crippen molar-refractivity contribution in [2.75, 3.05) is 35.4 Å². The number of hydrogen-bond donors (Lipinski definition) is 0. The summed E-state index contributed by atoms with van der Waals surface area (Å²) in [4.78, 5) is 29.5. The fraction of sp³-hybridized carbons (Fsp3) is 0.391. The van der Waals surface area contributed by atoms with Crippen LogP contribution in [0, 0.1) is 0 Å². The Bertz CT molecular complexity index is 952. The molecule has 4 bridgehead atoms. The molecule has 2 atom stereocenters. The maximum atomic E-state index is 13.6. The summed E-state index contributed by atoms with van der Waals surface area (Å²) in [6.45, 7) is 0. The van der Waals surface area contributed by atoms with Gasteiger partial charge in [0.2, 0.25) is 5.91 Å². The largest absolute Gasteiger partial charge is 0.493 e. The van der Waals surface area contributed by atoms with Gasteiger partial charge in [-0.15, -0.1) is 0 Å². The van der Waals surface area contributed by atoms with Crippen LogP contribution in [0.4, 0.5) is 0 Å². The smallest absolute Gasteiger partial charge is 0.363 e. The van der Waals surface area contributed by atoms with Gasteiger partial charge in [-0.25, -0.2) is 4.79 Å². The number of hydrogen-bond acceptors (Lipinski definition) is 7. The minimum atomic E-state index is -0.795. The molecule has 2 aromatic rings. The molecule has 0 saturated carbocycles. The molecule has 1 amide bonds. The lowest BCUT2D eigenvalue weighted by atomic mass is 9.97. The molecular weight excluding hydrogens is 411 g/mol. The molecule has 0 aromatic heterocycles. The first-order valence-corrected chi connectivity index (χ1v) is 10.3. The fourth-order valence-corrected chi connectivity index (χ4v) is 3.82. The molecule has 4 rings (SSSR count). The highest BCUT2D eigenvalue weighted by atomic mass is 16.5. The number of methoxy groups -OCH3 is 2. The molecule has 8 nitrogen and oxygen atoms in total. The van der Waals surface area contributed by atoms with E-state index in [-0.39, 0.29) is 19.9 Å². The minimum absolute atomic E-state index is 0.189. The number of carbonyl (C=O) groups is 2. The van der Waals surface area contributed by atoms with Gasteiger partial charge in [-0.3, -0.25) is 4.79 Å². The highest BCUT2D eigenvalue weighted by Gasteiger charge is 2.34. The van der Waals surface area contributed by atoms with E-state index in [2.05, 4.69) is 0 Å². The summed E-state index contributed by atoms with van der Waals surface area (Å²) in [5.74, 6) is 1.08. The van der Waals surface area contributed by atoms with E-state index < -0.39 is 18.1 Å². The maximum Gasteiger partial charge on any atom is 0.363 e. The van der Waals surface area contributed by atoms with Gasteiger partial charge in [-0.1, -0.05) is 18.2 Å². The van der Waals surface area contributed by atoms with E-state index in [9.17, 15) is 9.59 Å². The zero-order valence-electron chi connectivity index (χ0n) is 19.2. The summed E-state index contributed by atoms with van der Waals surface area (Å²) in [5, 5.41) is 0. The zero-order valence-corrected chi connectivity index (χ0v) is 19.2. The molecule has 9 heteroatoms. The van der Waals surface area contributed by atoms with Gasteiger partial charge in [0.1, 0.15) is 11.8 Å². The number of esters is 1. The Kier molecular flexibility index (Phi) is 7.77. The first-order valence-electron chi connectivity index (χ1n) is 10.3. The molecule has 0 radical (unpaired) electrons. The Morgan fingerprint density at radius 3 is 2.41 bits per heavy atom. The highest BCUT2D eigenvalue weighted by molar-refractivity contribution is 6.24. The molecule has 0 aliphatic carbocycles. The van der Waals surface area contributed by atoms with Crippen LogP contribution in [0.3, 0.4) is 0 Å². The van der Waals surface area contributed by atoms with E-state index in [1.165, 1.54) is 12.0 Å². The number of likely N-dealkylation sites (N-methyl/N-ethyl adjacent to an activating group) is 2. The fourth-order valence-electron chi connectivity index (χ4n) is 3.82. The second-order valence-corrected chi connectivity index (χ2v) is 7.82. The van der Waals surface area contributed by atoms with Gasteiger partial charge in [0.15, 0.2) is 11.5 Å². The van der Waals surface area contributed by atoms with Gasteiger partial charge in [-0.2, -0.15) is 0 Å². The van der Waals surface area contributed by atoms with E-state index in [4.69, 9.17) is 18.9 Å². The second-order valence-electron chi connectivity index (χ2n) is 7.82. The number of amides is 1. The Labute approximate surface area is 189 Å². The van der Waals surface area contributed by atoms with Crippen LogP contribution in [0.15, 0.2) is 42.5 Å². The summed E-state index contributed by atoms with van der Waals surface area (Å²) < 4.78 is 21.8. The summed E-state index contributed by atoms with van der Waals surface area (Å²) in [7, 11) is 8.21. The van der Waals surface area contributed by atoms with Crippen molar-refractivity contribution < 1.29 is 28.5 Å². The average molecular weight is 440 g/mol. The molecular formula is C23H29BN2O6. The van der Waals surface area contributed by atoms with Crippen molar-refractivity contribution in [2.24, 2.45) is 0 Å². The van der Waals surface area contributed by atoms with Gasteiger partial charge in [0.05, 0.1) is 20.3 Å². The first kappa shape index (κ1) is 23.6. The molecule has 0 saturated heterocycles. The maximum absolute atomic E-state index is 13.6. The van der Waals surface area contributed by atoms with Crippen LogP contribution in [0.2, 0.25) is 0 Å². The van der Waals surface area contributed by atoms with Gasteiger partial charge >= 0.3 is 13.6 Å². The van der Waals surface area contributed by atoms with Crippen LogP contribution in [-0.4, -0.2) is 76.7 Å². The number of nitrogens with zero attached hydrogens (tertiary/aromatic N) is 2. The Morgan fingerprint density at radius 1 is 1.09 bits per heavy atom. The van der Waals surface area contributed by atoms with E-state index in [1.807, 2.05) is 48.3 Å². The van der Waals surface area contributed by atoms with E-state index >= 15 is 0 Å². The third kappa shape index (κ3) is 5.23. The summed E-state index contributed by atoms with van der Waals surface area (Å²) in [6.07, 6.45) is 0.722. The van der Waals surface area contributed by atoms with Gasteiger partial charge < -0.3 is 28.6 Å². The molecule has 2 aliphatic rings. The van der Waals surface area contributed by atoms with Crippen LogP contribution in [0.5, 0.6) is 17.2 Å². The molecule has 32 heavy (non-hydrogen) atoms. The van der Waals surface area contributed by atoms with Crippen molar-refractivity contribution in [3.8, 4) is 17.2 Å². The lowest BCUT2D eigenvalue weighted by Crippen LogP contribution is -2.54. The molecule has 0 fully saturated rings. The third-order valence-corrected chi connectivity index (χ3v) is 5.68. The average Bonchev–Trinajstić information content (AvgIpc) is 2.80. The number of ether oxygens (including phenoxy) is 3. The van der Waals surface area contributed by atoms with Crippen molar-refractivity contribution in [3.05, 3.63) is 53.6 Å². The minimum Gasteiger partial charge on any atom is -0.493 e. The molecule has 170 valence electrons. The van der Waals surface area contributed by atoms with Crippen LogP contribution in [-0.2, 0) is 31.8 Å². The van der Waals surface area contributed by atoms with Crippen molar-refractivity contribution in [1.82, 2.24) is 9.71 Å². The summed E-state index contributed by atoms with van der Waals surface area (Å²) >= 11 is 0. The van der Waals surface area contributed by atoms with Crippen LogP contribution in [0.25, 0.3) is 0 Å². The third-order valence-electron chi connectivity index (χ3n) is 5.68. The lowest BCUT2D eigenvalue weighted by molar-refractivity contribution is -0.153. The summed E-state index contributed by atoms with van der Waals surface area (Å²) in [6, 6.07) is 11.7. The van der Waals surface area contributed by atoms with E-state index in [0.29, 0.717) is 23.7 Å². The number of benzene rings is 2. The van der Waals surface area contributed by atoms with Gasteiger partial charge in [-0.05, 0) is 48.9 Å². The molecule has 2 heterocycles. The highest BCUT2D eigenvalue weighted by Crippen LogP contribution is 2.33. The Morgan fingerprint density at radius 2 is 1.78 bits per heavy atom. The predicted octanol–water partition coefficient (Wildman–Crippen LogP) is 1.80. The second kappa shape index (κ2) is 10.5. The zero-order chi connectivity index (χ0) is 23.3.